The number of sulfonamides is 1. The van der Waals surface area contributed by atoms with Gasteiger partial charge in [-0.1, -0.05) is 11.6 Å². The normalized spacial score (nSPS) is 12.6. The number of anilines is 1. The van der Waals surface area contributed by atoms with Crippen molar-refractivity contribution in [2.24, 2.45) is 0 Å². The lowest BCUT2D eigenvalue weighted by atomic mass is 10.1. The number of carboxylic acid groups (broad SMARTS) is 1. The Morgan fingerprint density at radius 3 is 2.40 bits per heavy atom. The molecular weight excluding hydrogens is 284 g/mol. The molecule has 0 saturated carbocycles. The number of rotatable bonds is 5. The Labute approximate surface area is 117 Å². The van der Waals surface area contributed by atoms with Crippen LogP contribution in [0.4, 0.5) is 5.69 Å². The van der Waals surface area contributed by atoms with Crippen molar-refractivity contribution in [1.82, 2.24) is 5.32 Å². The van der Waals surface area contributed by atoms with Crippen LogP contribution in [0.25, 0.3) is 0 Å². The first-order valence-corrected chi connectivity index (χ1v) is 7.61. The molecule has 1 aromatic carbocycles. The summed E-state index contributed by atoms with van der Waals surface area (Å²) < 4.78 is 24.7. The molecule has 0 aromatic heterocycles. The van der Waals surface area contributed by atoms with E-state index < -0.39 is 27.9 Å². The Hall–Kier alpha value is -2.09. The van der Waals surface area contributed by atoms with E-state index in [-0.39, 0.29) is 11.3 Å². The smallest absolute Gasteiger partial charge is 0.325 e. The van der Waals surface area contributed by atoms with Gasteiger partial charge in [-0.2, -0.15) is 0 Å². The second-order valence-corrected chi connectivity index (χ2v) is 6.21. The summed E-state index contributed by atoms with van der Waals surface area (Å²) in [5.41, 5.74) is 0.925. The van der Waals surface area contributed by atoms with Crippen molar-refractivity contribution in [3.05, 3.63) is 29.3 Å². The van der Waals surface area contributed by atoms with E-state index in [1.54, 1.807) is 13.0 Å². The molecule has 0 saturated heterocycles. The quantitative estimate of drug-likeness (QED) is 0.736. The number of aliphatic carboxylic acids is 1. The summed E-state index contributed by atoms with van der Waals surface area (Å²) in [6, 6.07) is 3.51. The molecule has 3 N–H and O–H groups in total. The second-order valence-electron chi connectivity index (χ2n) is 4.46. The average molecular weight is 300 g/mol. The molecule has 0 aliphatic carbocycles. The van der Waals surface area contributed by atoms with E-state index in [0.29, 0.717) is 0 Å². The molecule has 20 heavy (non-hydrogen) atoms. The number of hydrogen-bond acceptors (Lipinski definition) is 4. The Kier molecular flexibility index (Phi) is 4.72. The van der Waals surface area contributed by atoms with Crippen molar-refractivity contribution < 1.29 is 23.1 Å². The summed E-state index contributed by atoms with van der Waals surface area (Å²) in [5.74, 6) is -1.83. The van der Waals surface area contributed by atoms with Crippen molar-refractivity contribution in [2.45, 2.75) is 19.9 Å². The molecule has 7 nitrogen and oxygen atoms in total. The number of aryl methyl sites for hydroxylation is 1. The van der Waals surface area contributed by atoms with Crippen molar-refractivity contribution >= 4 is 27.6 Å². The van der Waals surface area contributed by atoms with E-state index in [2.05, 4.69) is 10.0 Å². The maximum absolute atomic E-state index is 12.0. The number of benzene rings is 1. The fraction of sp³-hybridized carbons (Fsp3) is 0.333. The highest BCUT2D eigenvalue weighted by atomic mass is 32.2. The highest BCUT2D eigenvalue weighted by Gasteiger charge is 2.19. The first kappa shape index (κ1) is 16.0. The predicted octanol–water partition coefficient (Wildman–Crippen LogP) is 0.569. The molecule has 1 amide bonds. The SMILES string of the molecule is Cc1ccc(NS(C)(=O)=O)c(C(=O)N[C@H](C)C(=O)O)c1. The van der Waals surface area contributed by atoms with Crippen LogP contribution >= 0.6 is 0 Å². The number of nitrogens with one attached hydrogen (secondary N) is 2. The van der Waals surface area contributed by atoms with Gasteiger partial charge in [-0.15, -0.1) is 0 Å². The summed E-state index contributed by atoms with van der Waals surface area (Å²) in [7, 11) is -3.54. The Morgan fingerprint density at radius 1 is 1.30 bits per heavy atom. The Bertz CT molecular complexity index is 639. The molecule has 1 rings (SSSR count). The molecule has 0 fully saturated rings. The van der Waals surface area contributed by atoms with Gasteiger partial charge in [0.1, 0.15) is 6.04 Å². The van der Waals surface area contributed by atoms with E-state index in [1.165, 1.54) is 19.1 Å². The van der Waals surface area contributed by atoms with Crippen LogP contribution in [0.5, 0.6) is 0 Å². The molecule has 0 aliphatic heterocycles. The van der Waals surface area contributed by atoms with Gasteiger partial charge >= 0.3 is 5.97 Å². The molecule has 0 bridgehead atoms. The predicted molar refractivity (Wildman–Crippen MR) is 74.2 cm³/mol. The molecule has 0 spiro atoms. The van der Waals surface area contributed by atoms with Crippen molar-refractivity contribution in [3.8, 4) is 0 Å². The van der Waals surface area contributed by atoms with E-state index in [0.717, 1.165) is 11.8 Å². The molecule has 0 heterocycles. The standard InChI is InChI=1S/C12H16N2O5S/c1-7-4-5-10(14-20(3,18)19)9(6-7)11(15)13-8(2)12(16)17/h4-6,8,14H,1-3H3,(H,13,15)(H,16,17)/t8-/m1/s1. The molecule has 8 heteroatoms. The Morgan fingerprint density at radius 2 is 1.90 bits per heavy atom. The lowest BCUT2D eigenvalue weighted by Crippen LogP contribution is -2.38. The van der Waals surface area contributed by atoms with Gasteiger partial charge in [0.15, 0.2) is 0 Å². The number of carbonyl (C=O) groups excluding carboxylic acids is 1. The van der Waals surface area contributed by atoms with Crippen LogP contribution in [0.15, 0.2) is 18.2 Å². The van der Waals surface area contributed by atoms with Crippen LogP contribution in [0.2, 0.25) is 0 Å². The topological polar surface area (TPSA) is 113 Å². The van der Waals surface area contributed by atoms with Gasteiger partial charge in [0.2, 0.25) is 10.0 Å². The van der Waals surface area contributed by atoms with Crippen LogP contribution < -0.4 is 10.0 Å². The lowest BCUT2D eigenvalue weighted by molar-refractivity contribution is -0.138. The van der Waals surface area contributed by atoms with Crippen LogP contribution in [0, 0.1) is 6.92 Å². The maximum atomic E-state index is 12.0. The molecule has 1 aromatic rings. The number of hydrogen-bond donors (Lipinski definition) is 3. The zero-order valence-electron chi connectivity index (χ0n) is 11.3. The van der Waals surface area contributed by atoms with Gasteiger partial charge in [-0.3, -0.25) is 14.3 Å². The Balaban J connectivity index is 3.12. The van der Waals surface area contributed by atoms with Gasteiger partial charge in [-0.05, 0) is 26.0 Å². The van der Waals surface area contributed by atoms with E-state index in [4.69, 9.17) is 5.11 Å². The maximum Gasteiger partial charge on any atom is 0.325 e. The van der Waals surface area contributed by atoms with Gasteiger partial charge in [0, 0.05) is 0 Å². The molecule has 0 radical (unpaired) electrons. The highest BCUT2D eigenvalue weighted by molar-refractivity contribution is 7.92. The zero-order chi connectivity index (χ0) is 15.5. The van der Waals surface area contributed by atoms with Crippen molar-refractivity contribution in [1.29, 1.82) is 0 Å². The minimum absolute atomic E-state index is 0.0727. The third-order valence-electron chi connectivity index (χ3n) is 2.43. The highest BCUT2D eigenvalue weighted by Crippen LogP contribution is 2.18. The third kappa shape index (κ3) is 4.54. The molecule has 0 unspecified atom stereocenters. The summed E-state index contributed by atoms with van der Waals surface area (Å²) in [6.07, 6.45) is 0.967. The zero-order valence-corrected chi connectivity index (χ0v) is 12.1. The summed E-state index contributed by atoms with van der Waals surface area (Å²) in [5, 5.41) is 11.0. The van der Waals surface area contributed by atoms with Crippen LogP contribution in [0.3, 0.4) is 0 Å². The first-order chi connectivity index (χ1) is 9.10. The fourth-order valence-corrected chi connectivity index (χ4v) is 2.05. The monoisotopic (exact) mass is 300 g/mol. The van der Waals surface area contributed by atoms with Gasteiger partial charge < -0.3 is 10.4 Å². The van der Waals surface area contributed by atoms with Crippen LogP contribution in [0.1, 0.15) is 22.8 Å². The van der Waals surface area contributed by atoms with Gasteiger partial charge in [0.25, 0.3) is 5.91 Å². The van der Waals surface area contributed by atoms with E-state index in [9.17, 15) is 18.0 Å². The fourth-order valence-electron chi connectivity index (χ4n) is 1.47. The largest absolute Gasteiger partial charge is 0.480 e. The second kappa shape index (κ2) is 5.91. The average Bonchev–Trinajstić information content (AvgIpc) is 2.29. The summed E-state index contributed by atoms with van der Waals surface area (Å²) in [4.78, 5) is 22.7. The number of amides is 1. The van der Waals surface area contributed by atoms with Gasteiger partial charge in [0.05, 0.1) is 17.5 Å². The molecule has 0 aliphatic rings. The minimum Gasteiger partial charge on any atom is -0.480 e. The number of carbonyl (C=O) groups is 2. The van der Waals surface area contributed by atoms with Crippen LogP contribution in [-0.4, -0.2) is 37.7 Å². The van der Waals surface area contributed by atoms with E-state index >= 15 is 0 Å². The molecule has 110 valence electrons. The summed E-state index contributed by atoms with van der Waals surface area (Å²) in [6.45, 7) is 3.06. The van der Waals surface area contributed by atoms with Crippen molar-refractivity contribution in [2.75, 3.05) is 11.0 Å². The molecule has 1 atom stereocenters. The van der Waals surface area contributed by atoms with Gasteiger partial charge in [-0.25, -0.2) is 8.42 Å². The first-order valence-electron chi connectivity index (χ1n) is 5.72. The molecular formula is C12H16N2O5S. The number of carboxylic acids is 1. The minimum atomic E-state index is -3.54. The van der Waals surface area contributed by atoms with E-state index in [1.807, 2.05) is 0 Å². The van der Waals surface area contributed by atoms with Crippen molar-refractivity contribution in [3.63, 3.8) is 0 Å². The lowest BCUT2D eigenvalue weighted by Gasteiger charge is -2.14. The third-order valence-corrected chi connectivity index (χ3v) is 3.02. The summed E-state index contributed by atoms with van der Waals surface area (Å²) >= 11 is 0. The van der Waals surface area contributed by atoms with Crippen LogP contribution in [-0.2, 0) is 14.8 Å².